The summed E-state index contributed by atoms with van der Waals surface area (Å²) in [5, 5.41) is 5.63. The maximum atomic E-state index is 13.0. The number of hydrogen-bond donors (Lipinski definition) is 2. The van der Waals surface area contributed by atoms with Gasteiger partial charge in [0, 0.05) is 29.8 Å². The van der Waals surface area contributed by atoms with Crippen molar-refractivity contribution in [1.82, 2.24) is 5.32 Å². The molecule has 1 saturated heterocycles. The van der Waals surface area contributed by atoms with Crippen LogP contribution in [0.1, 0.15) is 19.8 Å². The van der Waals surface area contributed by atoms with Crippen molar-refractivity contribution in [1.29, 1.82) is 0 Å². The smallest absolute Gasteiger partial charge is 0.227 e. The first-order valence-corrected chi connectivity index (χ1v) is 6.16. The molecule has 1 heterocycles. The van der Waals surface area contributed by atoms with Crippen LogP contribution in [0.5, 0.6) is 0 Å². The lowest BCUT2D eigenvalue weighted by Crippen LogP contribution is -2.40. The van der Waals surface area contributed by atoms with Gasteiger partial charge in [-0.1, -0.05) is 0 Å². The topological polar surface area (TPSA) is 41.1 Å². The number of hydrogen-bond acceptors (Lipinski definition) is 2. The highest BCUT2D eigenvalue weighted by Crippen LogP contribution is 2.21. The molecule has 104 valence electrons. The summed E-state index contributed by atoms with van der Waals surface area (Å²) in [7, 11) is 0. The SMILES string of the molecule is CC1CC(C(=O)Nc2cc(F)c(F)c(F)c2)CCN1. The zero-order valence-electron chi connectivity index (χ0n) is 10.5. The van der Waals surface area contributed by atoms with E-state index in [1.54, 1.807) is 0 Å². The Morgan fingerprint density at radius 2 is 1.95 bits per heavy atom. The van der Waals surface area contributed by atoms with E-state index in [2.05, 4.69) is 10.6 Å². The van der Waals surface area contributed by atoms with Gasteiger partial charge in [-0.2, -0.15) is 0 Å². The van der Waals surface area contributed by atoms with Gasteiger partial charge in [0.1, 0.15) is 0 Å². The van der Waals surface area contributed by atoms with E-state index in [4.69, 9.17) is 0 Å². The molecule has 1 amide bonds. The van der Waals surface area contributed by atoms with Crippen LogP contribution in [0.2, 0.25) is 0 Å². The van der Waals surface area contributed by atoms with Crippen LogP contribution in [0.3, 0.4) is 0 Å². The van der Waals surface area contributed by atoms with E-state index >= 15 is 0 Å². The summed E-state index contributed by atoms with van der Waals surface area (Å²) in [6.45, 7) is 2.70. The zero-order valence-corrected chi connectivity index (χ0v) is 10.5. The molecule has 1 aromatic rings. The molecule has 1 aromatic carbocycles. The number of rotatable bonds is 2. The van der Waals surface area contributed by atoms with Gasteiger partial charge in [0.2, 0.25) is 5.91 Å². The van der Waals surface area contributed by atoms with E-state index < -0.39 is 17.5 Å². The second-order valence-corrected chi connectivity index (χ2v) is 4.82. The Morgan fingerprint density at radius 1 is 1.32 bits per heavy atom. The monoisotopic (exact) mass is 272 g/mol. The number of nitrogens with one attached hydrogen (secondary N) is 2. The average molecular weight is 272 g/mol. The van der Waals surface area contributed by atoms with Crippen molar-refractivity contribution >= 4 is 11.6 Å². The van der Waals surface area contributed by atoms with E-state index in [9.17, 15) is 18.0 Å². The summed E-state index contributed by atoms with van der Waals surface area (Å²) in [6.07, 6.45) is 1.33. The van der Waals surface area contributed by atoms with Gasteiger partial charge in [0.05, 0.1) is 0 Å². The lowest BCUT2D eigenvalue weighted by molar-refractivity contribution is -0.120. The van der Waals surface area contributed by atoms with Crippen LogP contribution in [-0.2, 0) is 4.79 Å². The molecule has 1 fully saturated rings. The van der Waals surface area contributed by atoms with Gasteiger partial charge in [-0.15, -0.1) is 0 Å². The van der Waals surface area contributed by atoms with Crippen LogP contribution in [0.15, 0.2) is 12.1 Å². The lowest BCUT2D eigenvalue weighted by Gasteiger charge is -2.27. The van der Waals surface area contributed by atoms with E-state index in [1.807, 2.05) is 6.92 Å². The van der Waals surface area contributed by atoms with E-state index in [1.165, 1.54) is 0 Å². The lowest BCUT2D eigenvalue weighted by atomic mass is 9.92. The fourth-order valence-corrected chi connectivity index (χ4v) is 2.24. The van der Waals surface area contributed by atoms with Gasteiger partial charge in [-0.3, -0.25) is 4.79 Å². The molecule has 1 aliphatic rings. The van der Waals surface area contributed by atoms with Gasteiger partial charge in [0.25, 0.3) is 0 Å². The first kappa shape index (κ1) is 13.9. The van der Waals surface area contributed by atoms with E-state index in [-0.39, 0.29) is 23.6 Å². The number of carbonyl (C=O) groups is 1. The molecule has 2 N–H and O–H groups in total. The molecule has 6 heteroatoms. The minimum atomic E-state index is -1.53. The van der Waals surface area contributed by atoms with Crippen molar-refractivity contribution in [2.45, 2.75) is 25.8 Å². The van der Waals surface area contributed by atoms with Crippen LogP contribution in [0, 0.1) is 23.4 Å². The first-order valence-electron chi connectivity index (χ1n) is 6.16. The van der Waals surface area contributed by atoms with Crippen LogP contribution in [0.4, 0.5) is 18.9 Å². The van der Waals surface area contributed by atoms with Crippen molar-refractivity contribution < 1.29 is 18.0 Å². The van der Waals surface area contributed by atoms with Crippen LogP contribution in [-0.4, -0.2) is 18.5 Å². The molecule has 2 rings (SSSR count). The standard InChI is InChI=1S/C13H15F3N2O/c1-7-4-8(2-3-17-7)13(19)18-9-5-10(14)12(16)11(15)6-9/h5-8,17H,2-4H2,1H3,(H,18,19). The predicted molar refractivity (Wildman–Crippen MR) is 65.1 cm³/mol. The minimum absolute atomic E-state index is 0.0624. The van der Waals surface area contributed by atoms with Crippen molar-refractivity contribution in [3.63, 3.8) is 0 Å². The number of carbonyl (C=O) groups excluding carboxylic acids is 1. The third kappa shape index (κ3) is 3.26. The Labute approximate surface area is 109 Å². The molecule has 0 aliphatic carbocycles. The molecule has 19 heavy (non-hydrogen) atoms. The van der Waals surface area contributed by atoms with Gasteiger partial charge >= 0.3 is 0 Å². The van der Waals surface area contributed by atoms with Crippen molar-refractivity contribution in [2.75, 3.05) is 11.9 Å². The van der Waals surface area contributed by atoms with Crippen molar-refractivity contribution in [2.24, 2.45) is 5.92 Å². The Balaban J connectivity index is 2.06. The quantitative estimate of drug-likeness (QED) is 0.812. The Bertz CT molecular complexity index is 470. The number of piperidine rings is 1. The fourth-order valence-electron chi connectivity index (χ4n) is 2.24. The second-order valence-electron chi connectivity index (χ2n) is 4.82. The van der Waals surface area contributed by atoms with E-state index in [0.717, 1.165) is 18.7 Å². The van der Waals surface area contributed by atoms with Crippen LogP contribution in [0.25, 0.3) is 0 Å². The predicted octanol–water partition coefficient (Wildman–Crippen LogP) is 2.43. The molecule has 0 bridgehead atoms. The van der Waals surface area contributed by atoms with Crippen molar-refractivity contribution in [3.8, 4) is 0 Å². The number of amides is 1. The minimum Gasteiger partial charge on any atom is -0.326 e. The first-order chi connectivity index (χ1) is 8.97. The number of benzene rings is 1. The van der Waals surface area contributed by atoms with Crippen LogP contribution >= 0.6 is 0 Å². The Morgan fingerprint density at radius 3 is 2.53 bits per heavy atom. The molecule has 1 aliphatic heterocycles. The van der Waals surface area contributed by atoms with Gasteiger partial charge < -0.3 is 10.6 Å². The third-order valence-electron chi connectivity index (χ3n) is 3.25. The molecule has 0 radical (unpaired) electrons. The fraction of sp³-hybridized carbons (Fsp3) is 0.462. The van der Waals surface area contributed by atoms with Crippen molar-refractivity contribution in [3.05, 3.63) is 29.6 Å². The molecule has 2 unspecified atom stereocenters. The molecule has 3 nitrogen and oxygen atoms in total. The zero-order chi connectivity index (χ0) is 14.0. The maximum absolute atomic E-state index is 13.0. The summed E-state index contributed by atoms with van der Waals surface area (Å²) in [5.41, 5.74) is -0.0624. The molecule has 0 saturated carbocycles. The van der Waals surface area contributed by atoms with Crippen LogP contribution < -0.4 is 10.6 Å². The highest BCUT2D eigenvalue weighted by Gasteiger charge is 2.25. The largest absolute Gasteiger partial charge is 0.326 e. The summed E-state index contributed by atoms with van der Waals surface area (Å²) < 4.78 is 38.8. The normalized spacial score (nSPS) is 23.2. The number of halogens is 3. The molecule has 2 atom stereocenters. The molecular weight excluding hydrogens is 257 g/mol. The van der Waals surface area contributed by atoms with E-state index in [0.29, 0.717) is 12.8 Å². The van der Waals surface area contributed by atoms with Gasteiger partial charge in [-0.05, 0) is 26.3 Å². The van der Waals surface area contributed by atoms with Gasteiger partial charge in [-0.25, -0.2) is 13.2 Å². The molecule has 0 spiro atoms. The maximum Gasteiger partial charge on any atom is 0.227 e. The summed E-state index contributed by atoms with van der Waals surface area (Å²) in [4.78, 5) is 11.9. The van der Waals surface area contributed by atoms with Gasteiger partial charge in [0.15, 0.2) is 17.5 Å². The highest BCUT2D eigenvalue weighted by molar-refractivity contribution is 5.92. The second kappa shape index (κ2) is 5.61. The summed E-state index contributed by atoms with van der Waals surface area (Å²) >= 11 is 0. The molecular formula is C13H15F3N2O. The summed E-state index contributed by atoms with van der Waals surface area (Å²) in [6, 6.07) is 1.79. The highest BCUT2D eigenvalue weighted by atomic mass is 19.2. The molecule has 0 aromatic heterocycles. The Kier molecular flexibility index (Phi) is 4.09. The number of anilines is 1. The third-order valence-corrected chi connectivity index (χ3v) is 3.25. The average Bonchev–Trinajstić information content (AvgIpc) is 2.36. The Hall–Kier alpha value is -1.56. The summed E-state index contributed by atoms with van der Waals surface area (Å²) in [5.74, 6) is -4.65.